The molecular weight excluding hydrogens is 206 g/mol. The Morgan fingerprint density at radius 3 is 2.67 bits per heavy atom. The van der Waals surface area contributed by atoms with E-state index in [2.05, 4.69) is 17.2 Å². The predicted octanol–water partition coefficient (Wildman–Crippen LogP) is 2.60. The highest BCUT2D eigenvalue weighted by atomic mass is 32.2. The Morgan fingerprint density at radius 1 is 1.47 bits per heavy atom. The molecule has 0 heterocycles. The van der Waals surface area contributed by atoms with Crippen LogP contribution >= 0.6 is 11.8 Å². The van der Waals surface area contributed by atoms with E-state index in [-0.39, 0.29) is 0 Å². The lowest BCUT2D eigenvalue weighted by molar-refractivity contribution is 0.296. The number of hydrogen-bond donors (Lipinski definition) is 1. The number of rotatable bonds is 2. The molecule has 1 aliphatic rings. The number of nitrogens with zero attached hydrogens (tertiary/aromatic N) is 2. The van der Waals surface area contributed by atoms with Gasteiger partial charge in [0.25, 0.3) is 0 Å². The summed E-state index contributed by atoms with van der Waals surface area (Å²) in [7, 11) is 0. The normalized spacial score (nSPS) is 27.1. The fourth-order valence-corrected chi connectivity index (χ4v) is 2.28. The van der Waals surface area contributed by atoms with Crippen molar-refractivity contribution in [2.75, 3.05) is 12.8 Å². The molecule has 0 aliphatic heterocycles. The fraction of sp³-hybridized carbons (Fsp3) is 0.818. The summed E-state index contributed by atoms with van der Waals surface area (Å²) < 4.78 is 0. The van der Waals surface area contributed by atoms with Gasteiger partial charge in [-0.1, -0.05) is 31.5 Å². The first kappa shape index (κ1) is 12.4. The van der Waals surface area contributed by atoms with E-state index in [0.29, 0.717) is 0 Å². The van der Waals surface area contributed by atoms with Crippen LogP contribution in [-0.4, -0.2) is 18.0 Å². The quantitative estimate of drug-likeness (QED) is 0.340. The molecule has 1 rings (SSSR count). The fourth-order valence-electron chi connectivity index (χ4n) is 1.93. The van der Waals surface area contributed by atoms with Gasteiger partial charge in [-0.25, -0.2) is 0 Å². The molecule has 0 saturated heterocycles. The molecule has 84 valence electrons. The lowest BCUT2D eigenvalue weighted by atomic mass is 9.83. The first-order valence-electron chi connectivity index (χ1n) is 5.49. The van der Waals surface area contributed by atoms with E-state index in [1.54, 1.807) is 0 Å². The molecular formula is C11H19N3S. The summed E-state index contributed by atoms with van der Waals surface area (Å²) in [4.78, 5) is 4.43. The Hall–Kier alpha value is -0.690. The second-order valence-electron chi connectivity index (χ2n) is 4.21. The maximum absolute atomic E-state index is 8.48. The number of thioether (sulfide) groups is 1. The van der Waals surface area contributed by atoms with Gasteiger partial charge in [0.2, 0.25) is 0 Å². The molecule has 1 N–H and O–H groups in total. The molecule has 0 bridgehead atoms. The Morgan fingerprint density at radius 2 is 2.13 bits per heavy atom. The number of nitrogens with one attached hydrogen (secondary N) is 1. The van der Waals surface area contributed by atoms with Crippen molar-refractivity contribution in [1.29, 1.82) is 5.26 Å². The summed E-state index contributed by atoms with van der Waals surface area (Å²) >= 11 is 1.50. The number of aliphatic imine (C=N–C) groups is 1. The van der Waals surface area contributed by atoms with E-state index in [0.717, 1.165) is 23.5 Å². The average molecular weight is 225 g/mol. The summed E-state index contributed by atoms with van der Waals surface area (Å²) in [6.45, 7) is 3.20. The van der Waals surface area contributed by atoms with E-state index >= 15 is 0 Å². The summed E-state index contributed by atoms with van der Waals surface area (Å²) in [6.07, 6.45) is 9.10. The van der Waals surface area contributed by atoms with Crippen LogP contribution in [-0.2, 0) is 0 Å². The van der Waals surface area contributed by atoms with Gasteiger partial charge in [0.05, 0.1) is 0 Å². The predicted molar refractivity (Wildman–Crippen MR) is 65.7 cm³/mol. The van der Waals surface area contributed by atoms with Gasteiger partial charge in [-0.3, -0.25) is 10.3 Å². The monoisotopic (exact) mass is 225 g/mol. The third kappa shape index (κ3) is 4.57. The summed E-state index contributed by atoms with van der Waals surface area (Å²) in [5, 5.41) is 11.8. The van der Waals surface area contributed by atoms with E-state index in [4.69, 9.17) is 5.26 Å². The molecule has 0 unspecified atom stereocenters. The standard InChI is InChI=1S/C11H19N3S/c1-9-3-5-10(6-4-9)7-13-11(15-2)14-8-12/h9-10H,3-7H2,1-2H3,(H,13,14). The van der Waals surface area contributed by atoms with Crippen molar-refractivity contribution in [2.24, 2.45) is 16.8 Å². The van der Waals surface area contributed by atoms with Crippen molar-refractivity contribution in [3.05, 3.63) is 0 Å². The molecule has 1 fully saturated rings. The zero-order valence-corrected chi connectivity index (χ0v) is 10.3. The Kier molecular flexibility index (Phi) is 5.56. The van der Waals surface area contributed by atoms with Crippen molar-refractivity contribution < 1.29 is 0 Å². The minimum Gasteiger partial charge on any atom is -0.272 e. The smallest absolute Gasteiger partial charge is 0.183 e. The average Bonchev–Trinajstić information content (AvgIpc) is 2.26. The molecule has 1 aliphatic carbocycles. The highest BCUT2D eigenvalue weighted by Crippen LogP contribution is 2.28. The maximum Gasteiger partial charge on any atom is 0.183 e. The molecule has 0 radical (unpaired) electrons. The summed E-state index contributed by atoms with van der Waals surface area (Å²) in [6, 6.07) is 0. The third-order valence-corrected chi connectivity index (χ3v) is 3.60. The van der Waals surface area contributed by atoms with Gasteiger partial charge < -0.3 is 0 Å². The van der Waals surface area contributed by atoms with Crippen molar-refractivity contribution in [3.8, 4) is 6.19 Å². The van der Waals surface area contributed by atoms with Crippen LogP contribution < -0.4 is 5.32 Å². The molecule has 4 heteroatoms. The van der Waals surface area contributed by atoms with E-state index in [1.807, 2.05) is 12.4 Å². The molecule has 0 spiro atoms. The first-order valence-corrected chi connectivity index (χ1v) is 6.72. The van der Waals surface area contributed by atoms with Gasteiger partial charge in [-0.2, -0.15) is 5.26 Å². The summed E-state index contributed by atoms with van der Waals surface area (Å²) in [5.41, 5.74) is 0. The van der Waals surface area contributed by atoms with Crippen molar-refractivity contribution in [1.82, 2.24) is 5.32 Å². The zero-order chi connectivity index (χ0) is 11.1. The number of nitriles is 1. The lowest BCUT2D eigenvalue weighted by Crippen LogP contribution is -2.18. The second kappa shape index (κ2) is 6.73. The van der Waals surface area contributed by atoms with Gasteiger partial charge in [0.1, 0.15) is 0 Å². The Labute approximate surface area is 96.3 Å². The van der Waals surface area contributed by atoms with Crippen molar-refractivity contribution >= 4 is 16.9 Å². The summed E-state index contributed by atoms with van der Waals surface area (Å²) in [5.74, 6) is 1.62. The topological polar surface area (TPSA) is 48.2 Å². The van der Waals surface area contributed by atoms with Crippen LogP contribution in [0.25, 0.3) is 0 Å². The van der Waals surface area contributed by atoms with E-state index in [1.165, 1.54) is 37.4 Å². The number of hydrogen-bond acceptors (Lipinski definition) is 3. The molecule has 3 nitrogen and oxygen atoms in total. The largest absolute Gasteiger partial charge is 0.272 e. The lowest BCUT2D eigenvalue weighted by Gasteiger charge is -2.24. The van der Waals surface area contributed by atoms with Gasteiger partial charge in [-0.05, 0) is 30.9 Å². The highest BCUT2D eigenvalue weighted by molar-refractivity contribution is 8.13. The van der Waals surface area contributed by atoms with E-state index in [9.17, 15) is 0 Å². The van der Waals surface area contributed by atoms with Crippen LogP contribution in [0.4, 0.5) is 0 Å². The van der Waals surface area contributed by atoms with E-state index < -0.39 is 0 Å². The molecule has 0 aromatic rings. The van der Waals surface area contributed by atoms with Crippen LogP contribution in [0.5, 0.6) is 0 Å². The Bertz CT molecular complexity index is 249. The number of amidine groups is 1. The molecule has 0 amide bonds. The third-order valence-electron chi connectivity index (χ3n) is 2.98. The van der Waals surface area contributed by atoms with Gasteiger partial charge >= 0.3 is 0 Å². The van der Waals surface area contributed by atoms with Crippen LogP contribution in [0.15, 0.2) is 4.99 Å². The van der Waals surface area contributed by atoms with Gasteiger partial charge in [0, 0.05) is 6.54 Å². The van der Waals surface area contributed by atoms with Gasteiger partial charge in [-0.15, -0.1) is 0 Å². The minimum atomic E-state index is 0.726. The first-order chi connectivity index (χ1) is 7.26. The molecule has 15 heavy (non-hydrogen) atoms. The molecule has 0 atom stereocenters. The van der Waals surface area contributed by atoms with Gasteiger partial charge in [0.15, 0.2) is 11.4 Å². The SMILES string of the molecule is CSC(=NCC1CCC(C)CC1)NC#N. The minimum absolute atomic E-state index is 0.726. The second-order valence-corrected chi connectivity index (χ2v) is 5.01. The molecule has 1 saturated carbocycles. The molecule has 0 aromatic heterocycles. The Balaban J connectivity index is 2.32. The van der Waals surface area contributed by atoms with Crippen LogP contribution in [0.3, 0.4) is 0 Å². The van der Waals surface area contributed by atoms with Crippen LogP contribution in [0.1, 0.15) is 32.6 Å². The van der Waals surface area contributed by atoms with Crippen molar-refractivity contribution in [2.45, 2.75) is 32.6 Å². The highest BCUT2D eigenvalue weighted by Gasteiger charge is 2.17. The van der Waals surface area contributed by atoms with Crippen LogP contribution in [0.2, 0.25) is 0 Å². The maximum atomic E-state index is 8.48. The van der Waals surface area contributed by atoms with Crippen LogP contribution in [0, 0.1) is 23.3 Å². The zero-order valence-electron chi connectivity index (χ0n) is 9.49. The van der Waals surface area contributed by atoms with Crippen molar-refractivity contribution in [3.63, 3.8) is 0 Å². The molecule has 0 aromatic carbocycles.